The van der Waals surface area contributed by atoms with Gasteiger partial charge in [-0.3, -0.25) is 14.4 Å². The second-order valence-electron chi connectivity index (χ2n) is 6.88. The van der Waals surface area contributed by atoms with E-state index in [9.17, 15) is 14.4 Å². The Bertz CT molecular complexity index is 1150. The molecule has 0 saturated heterocycles. The maximum Gasteiger partial charge on any atom is 0.290 e. The molecule has 138 valence electrons. The minimum Gasteiger partial charge on any atom is -0.320 e. The molecule has 5 heteroatoms. The zero-order chi connectivity index (χ0) is 19.8. The van der Waals surface area contributed by atoms with Crippen molar-refractivity contribution in [2.45, 2.75) is 20.4 Å². The van der Waals surface area contributed by atoms with E-state index in [4.69, 9.17) is 0 Å². The van der Waals surface area contributed by atoms with Crippen LogP contribution in [0.2, 0.25) is 0 Å². The summed E-state index contributed by atoms with van der Waals surface area (Å²) in [4.78, 5) is 38.4. The summed E-state index contributed by atoms with van der Waals surface area (Å²) >= 11 is 0. The summed E-state index contributed by atoms with van der Waals surface area (Å²) in [6.07, 6.45) is 1.84. The van der Waals surface area contributed by atoms with Crippen LogP contribution in [0.1, 0.15) is 43.1 Å². The third-order valence-corrected chi connectivity index (χ3v) is 5.15. The highest BCUT2D eigenvalue weighted by Gasteiger charge is 2.31. The third kappa shape index (κ3) is 2.91. The standard InChI is InChI=1S/C23H18N2O3/c1-14-7-6-12-25(15(14)2)13-20(26)24-19-11-5-10-18-21(19)23(28)17-9-4-3-8-16(17)22(18)27/h3-12H,13H2,1-2H3/p+1. The van der Waals surface area contributed by atoms with Crippen molar-refractivity contribution in [1.82, 2.24) is 0 Å². The molecule has 1 N–H and O–H groups in total. The minimum atomic E-state index is -0.258. The fourth-order valence-electron chi connectivity index (χ4n) is 3.52. The number of aryl methyl sites for hydroxylation is 1. The van der Waals surface area contributed by atoms with Crippen molar-refractivity contribution in [3.8, 4) is 0 Å². The lowest BCUT2D eigenvalue weighted by Gasteiger charge is -2.20. The number of benzene rings is 2. The van der Waals surface area contributed by atoms with E-state index in [2.05, 4.69) is 5.32 Å². The van der Waals surface area contributed by atoms with Crippen LogP contribution in [0.4, 0.5) is 5.69 Å². The van der Waals surface area contributed by atoms with Crippen LogP contribution in [0.25, 0.3) is 0 Å². The van der Waals surface area contributed by atoms with Crippen molar-refractivity contribution in [2.75, 3.05) is 5.32 Å². The van der Waals surface area contributed by atoms with Gasteiger partial charge in [0.15, 0.2) is 23.5 Å². The molecule has 0 spiro atoms. The molecule has 28 heavy (non-hydrogen) atoms. The molecule has 0 unspecified atom stereocenters. The largest absolute Gasteiger partial charge is 0.320 e. The molecule has 1 amide bonds. The van der Waals surface area contributed by atoms with Crippen LogP contribution < -0.4 is 9.88 Å². The molecule has 1 heterocycles. The van der Waals surface area contributed by atoms with Crippen molar-refractivity contribution >= 4 is 23.2 Å². The van der Waals surface area contributed by atoms with Gasteiger partial charge in [0.1, 0.15) is 0 Å². The summed E-state index contributed by atoms with van der Waals surface area (Å²) in [6, 6.07) is 15.6. The van der Waals surface area contributed by atoms with E-state index in [0.717, 1.165) is 11.3 Å². The van der Waals surface area contributed by atoms with E-state index in [-0.39, 0.29) is 29.6 Å². The molecule has 1 aromatic heterocycles. The number of hydrogen-bond donors (Lipinski definition) is 1. The Morgan fingerprint density at radius 1 is 0.857 bits per heavy atom. The predicted octanol–water partition coefficient (Wildman–Crippen LogP) is 3.01. The summed E-state index contributed by atoms with van der Waals surface area (Å²) in [5.41, 5.74) is 3.78. The van der Waals surface area contributed by atoms with Crippen LogP contribution in [0.5, 0.6) is 0 Å². The topological polar surface area (TPSA) is 67.1 Å². The van der Waals surface area contributed by atoms with Gasteiger partial charge in [-0.05, 0) is 19.1 Å². The summed E-state index contributed by atoms with van der Waals surface area (Å²) in [5, 5.41) is 2.81. The highest BCUT2D eigenvalue weighted by molar-refractivity contribution is 6.30. The lowest BCUT2D eigenvalue weighted by atomic mass is 9.83. The van der Waals surface area contributed by atoms with Gasteiger partial charge in [0, 0.05) is 35.2 Å². The molecule has 0 saturated carbocycles. The first-order valence-electron chi connectivity index (χ1n) is 9.04. The van der Waals surface area contributed by atoms with Crippen LogP contribution >= 0.6 is 0 Å². The molecular formula is C23H19N2O3+. The van der Waals surface area contributed by atoms with Gasteiger partial charge in [-0.2, -0.15) is 4.57 Å². The van der Waals surface area contributed by atoms with E-state index < -0.39 is 0 Å². The van der Waals surface area contributed by atoms with Crippen molar-refractivity contribution in [2.24, 2.45) is 0 Å². The predicted molar refractivity (Wildman–Crippen MR) is 104 cm³/mol. The van der Waals surface area contributed by atoms with Gasteiger partial charge in [-0.1, -0.05) is 36.4 Å². The Balaban J connectivity index is 1.67. The summed E-state index contributed by atoms with van der Waals surface area (Å²) in [6.45, 7) is 4.06. The average molecular weight is 371 g/mol. The number of hydrogen-bond acceptors (Lipinski definition) is 3. The van der Waals surface area contributed by atoms with E-state index >= 15 is 0 Å². The first kappa shape index (κ1) is 17.8. The Morgan fingerprint density at radius 3 is 2.29 bits per heavy atom. The number of rotatable bonds is 3. The highest BCUT2D eigenvalue weighted by Crippen LogP contribution is 2.31. The summed E-state index contributed by atoms with van der Waals surface area (Å²) in [5.74, 6) is -0.711. The van der Waals surface area contributed by atoms with E-state index in [1.54, 1.807) is 42.5 Å². The van der Waals surface area contributed by atoms with Gasteiger partial charge in [-0.25, -0.2) is 0 Å². The van der Waals surface area contributed by atoms with Crippen LogP contribution in [-0.2, 0) is 11.3 Å². The molecule has 1 aliphatic rings. The first-order valence-corrected chi connectivity index (χ1v) is 9.04. The molecule has 0 atom stereocenters. The van der Waals surface area contributed by atoms with Crippen molar-refractivity contribution in [1.29, 1.82) is 0 Å². The van der Waals surface area contributed by atoms with Crippen molar-refractivity contribution < 1.29 is 19.0 Å². The molecule has 5 nitrogen and oxygen atoms in total. The fourth-order valence-corrected chi connectivity index (χ4v) is 3.52. The van der Waals surface area contributed by atoms with E-state index in [1.165, 1.54) is 0 Å². The van der Waals surface area contributed by atoms with Gasteiger partial charge < -0.3 is 5.32 Å². The second-order valence-corrected chi connectivity index (χ2v) is 6.88. The maximum absolute atomic E-state index is 13.0. The monoisotopic (exact) mass is 371 g/mol. The van der Waals surface area contributed by atoms with Crippen molar-refractivity contribution in [3.63, 3.8) is 0 Å². The van der Waals surface area contributed by atoms with E-state index in [0.29, 0.717) is 22.4 Å². The molecule has 0 aliphatic heterocycles. The Kier molecular flexibility index (Phi) is 4.35. The normalized spacial score (nSPS) is 12.4. The Hall–Kier alpha value is -3.60. The van der Waals surface area contributed by atoms with Crippen LogP contribution in [0.3, 0.4) is 0 Å². The summed E-state index contributed by atoms with van der Waals surface area (Å²) in [7, 11) is 0. The molecule has 0 radical (unpaired) electrons. The number of nitrogens with one attached hydrogen (secondary N) is 1. The maximum atomic E-state index is 13.0. The number of anilines is 1. The number of fused-ring (bicyclic) bond motifs is 2. The smallest absolute Gasteiger partial charge is 0.290 e. The Labute approximate surface area is 162 Å². The van der Waals surface area contributed by atoms with Gasteiger partial charge in [0.25, 0.3) is 5.91 Å². The number of aromatic nitrogens is 1. The average Bonchev–Trinajstić information content (AvgIpc) is 2.69. The molecule has 2 aromatic carbocycles. The van der Waals surface area contributed by atoms with Gasteiger partial charge >= 0.3 is 0 Å². The third-order valence-electron chi connectivity index (χ3n) is 5.15. The Morgan fingerprint density at radius 2 is 1.54 bits per heavy atom. The quantitative estimate of drug-likeness (QED) is 0.563. The number of amides is 1. The number of carbonyl (C=O) groups excluding carboxylic acids is 3. The highest BCUT2D eigenvalue weighted by atomic mass is 16.2. The summed E-state index contributed by atoms with van der Waals surface area (Å²) < 4.78 is 1.85. The number of pyridine rings is 1. The molecule has 0 bridgehead atoms. The molecule has 4 rings (SSSR count). The van der Waals surface area contributed by atoms with Crippen molar-refractivity contribution in [3.05, 3.63) is 94.3 Å². The second kappa shape index (κ2) is 6.85. The molecule has 0 fully saturated rings. The molecule has 3 aromatic rings. The van der Waals surface area contributed by atoms with Gasteiger partial charge in [0.05, 0.1) is 11.3 Å². The number of ketones is 2. The van der Waals surface area contributed by atoms with E-state index in [1.807, 2.05) is 36.7 Å². The number of nitrogens with zero attached hydrogens (tertiary/aromatic N) is 1. The van der Waals surface area contributed by atoms with Crippen LogP contribution in [-0.4, -0.2) is 17.5 Å². The number of carbonyl (C=O) groups is 3. The fraction of sp³-hybridized carbons (Fsp3) is 0.130. The molecular weight excluding hydrogens is 352 g/mol. The SMILES string of the molecule is Cc1ccc[n+](CC(=O)Nc2cccc3c2C(=O)c2ccccc2C3=O)c1C. The lowest BCUT2D eigenvalue weighted by molar-refractivity contribution is -0.690. The van der Waals surface area contributed by atoms with Crippen LogP contribution in [0, 0.1) is 13.8 Å². The van der Waals surface area contributed by atoms with Crippen LogP contribution in [0.15, 0.2) is 60.8 Å². The minimum absolute atomic E-state index is 0.121. The van der Waals surface area contributed by atoms with Gasteiger partial charge in [-0.15, -0.1) is 0 Å². The lowest BCUT2D eigenvalue weighted by Crippen LogP contribution is -2.43. The zero-order valence-electron chi connectivity index (χ0n) is 15.7. The zero-order valence-corrected chi connectivity index (χ0v) is 15.7. The molecule has 1 aliphatic carbocycles. The van der Waals surface area contributed by atoms with Gasteiger partial charge in [0.2, 0.25) is 6.54 Å². The first-order chi connectivity index (χ1) is 13.5.